The van der Waals surface area contributed by atoms with Crippen LogP contribution in [0.2, 0.25) is 0 Å². The van der Waals surface area contributed by atoms with Gasteiger partial charge in [0.2, 0.25) is 0 Å². The van der Waals surface area contributed by atoms with Crippen LogP contribution in [0.3, 0.4) is 0 Å². The lowest BCUT2D eigenvalue weighted by Crippen LogP contribution is -1.84. The van der Waals surface area contributed by atoms with Gasteiger partial charge in [0.05, 0.1) is 0 Å². The van der Waals surface area contributed by atoms with Crippen molar-refractivity contribution in [3.05, 3.63) is 23.3 Å². The summed E-state index contributed by atoms with van der Waals surface area (Å²) in [6.07, 6.45) is 0.791. The Balaban J connectivity index is 3.25. The minimum Gasteiger partial charge on any atom is -0.504 e. The Morgan fingerprint density at radius 1 is 1.36 bits per heavy atom. The molecule has 0 aliphatic heterocycles. The standard InChI is InChI=1S/C8H11O2P/c1-5-6(4-11)2-3-7(9)8(5)10/h2-3,9-10H,4,11H2,1H3. The van der Waals surface area contributed by atoms with Crippen LogP contribution in [-0.2, 0) is 6.16 Å². The number of benzene rings is 1. The molecule has 2 N–H and O–H groups in total. The molecular formula is C8H11O2P. The molecule has 0 saturated carbocycles. The van der Waals surface area contributed by atoms with Crippen molar-refractivity contribution in [1.29, 1.82) is 0 Å². The molecule has 0 radical (unpaired) electrons. The van der Waals surface area contributed by atoms with Crippen molar-refractivity contribution in [2.45, 2.75) is 13.1 Å². The molecule has 60 valence electrons. The third kappa shape index (κ3) is 1.46. The van der Waals surface area contributed by atoms with Crippen molar-refractivity contribution in [3.8, 4) is 11.5 Å². The Kier molecular flexibility index (Phi) is 2.35. The average Bonchev–Trinajstić information content (AvgIpc) is 2.01. The molecule has 0 fully saturated rings. The number of phenolic OH excluding ortho intramolecular Hbond substituents is 2. The van der Waals surface area contributed by atoms with E-state index in [1.54, 1.807) is 13.0 Å². The van der Waals surface area contributed by atoms with Gasteiger partial charge < -0.3 is 10.2 Å². The molecular weight excluding hydrogens is 159 g/mol. The second-order valence-electron chi connectivity index (χ2n) is 2.42. The summed E-state index contributed by atoms with van der Waals surface area (Å²) in [5.74, 6) is -0.0605. The highest BCUT2D eigenvalue weighted by atomic mass is 31.0. The predicted molar refractivity (Wildman–Crippen MR) is 47.9 cm³/mol. The summed E-state index contributed by atoms with van der Waals surface area (Å²) in [5.41, 5.74) is 1.78. The van der Waals surface area contributed by atoms with Gasteiger partial charge >= 0.3 is 0 Å². The van der Waals surface area contributed by atoms with E-state index in [0.717, 1.165) is 17.3 Å². The van der Waals surface area contributed by atoms with E-state index in [2.05, 4.69) is 9.24 Å². The van der Waals surface area contributed by atoms with Crippen LogP contribution in [0.1, 0.15) is 11.1 Å². The number of hydrogen-bond donors (Lipinski definition) is 2. The average molecular weight is 170 g/mol. The van der Waals surface area contributed by atoms with Gasteiger partial charge in [0.15, 0.2) is 11.5 Å². The molecule has 1 atom stereocenters. The van der Waals surface area contributed by atoms with Crippen LogP contribution < -0.4 is 0 Å². The Bertz CT molecular complexity index is 271. The summed E-state index contributed by atoms with van der Waals surface area (Å²) in [6, 6.07) is 3.30. The fourth-order valence-electron chi connectivity index (χ4n) is 0.949. The first-order valence-electron chi connectivity index (χ1n) is 3.37. The Labute approximate surface area is 68.1 Å². The normalized spacial score (nSPS) is 10.0. The van der Waals surface area contributed by atoms with Crippen LogP contribution in [0.15, 0.2) is 12.1 Å². The second kappa shape index (κ2) is 3.10. The molecule has 1 aromatic rings. The van der Waals surface area contributed by atoms with Crippen LogP contribution in [-0.4, -0.2) is 10.2 Å². The van der Waals surface area contributed by atoms with Crippen molar-refractivity contribution in [2.24, 2.45) is 0 Å². The molecule has 0 aromatic heterocycles. The minimum absolute atomic E-state index is 0.00931. The lowest BCUT2D eigenvalue weighted by Gasteiger charge is -2.05. The molecule has 3 heteroatoms. The van der Waals surface area contributed by atoms with Crippen molar-refractivity contribution < 1.29 is 10.2 Å². The number of hydrogen-bond acceptors (Lipinski definition) is 2. The van der Waals surface area contributed by atoms with E-state index in [1.165, 1.54) is 6.07 Å². The predicted octanol–water partition coefficient (Wildman–Crippen LogP) is 1.78. The van der Waals surface area contributed by atoms with Gasteiger partial charge in [-0.15, -0.1) is 9.24 Å². The number of rotatable bonds is 1. The van der Waals surface area contributed by atoms with Gasteiger partial charge in [-0.25, -0.2) is 0 Å². The maximum absolute atomic E-state index is 9.26. The summed E-state index contributed by atoms with van der Waals surface area (Å²) in [6.45, 7) is 1.79. The van der Waals surface area contributed by atoms with Crippen LogP contribution in [0.5, 0.6) is 11.5 Å². The SMILES string of the molecule is Cc1c(CP)ccc(O)c1O. The largest absolute Gasteiger partial charge is 0.504 e. The van der Waals surface area contributed by atoms with Crippen LogP contribution >= 0.6 is 9.24 Å². The van der Waals surface area contributed by atoms with Gasteiger partial charge in [-0.3, -0.25) is 0 Å². The maximum Gasteiger partial charge on any atom is 0.160 e. The highest BCUT2D eigenvalue weighted by Gasteiger charge is 2.05. The summed E-state index contributed by atoms with van der Waals surface area (Å²) >= 11 is 0. The summed E-state index contributed by atoms with van der Waals surface area (Å²) in [5, 5.41) is 18.3. The molecule has 11 heavy (non-hydrogen) atoms. The first-order chi connectivity index (χ1) is 5.16. The van der Waals surface area contributed by atoms with E-state index >= 15 is 0 Å². The summed E-state index contributed by atoms with van der Waals surface area (Å²) < 4.78 is 0. The topological polar surface area (TPSA) is 40.5 Å². The summed E-state index contributed by atoms with van der Waals surface area (Å²) in [7, 11) is 2.57. The lowest BCUT2D eigenvalue weighted by atomic mass is 10.1. The molecule has 0 amide bonds. The minimum atomic E-state index is -0.0512. The highest BCUT2D eigenvalue weighted by molar-refractivity contribution is 7.15. The van der Waals surface area contributed by atoms with Gasteiger partial charge in [0.25, 0.3) is 0 Å². The smallest absolute Gasteiger partial charge is 0.160 e. The second-order valence-corrected chi connectivity index (χ2v) is 2.83. The van der Waals surface area contributed by atoms with Crippen molar-refractivity contribution in [2.75, 3.05) is 0 Å². The zero-order valence-corrected chi connectivity index (χ0v) is 7.49. The van der Waals surface area contributed by atoms with E-state index < -0.39 is 0 Å². The quantitative estimate of drug-likeness (QED) is 0.498. The van der Waals surface area contributed by atoms with Gasteiger partial charge in [-0.1, -0.05) is 6.07 Å². The molecule has 1 rings (SSSR count). The monoisotopic (exact) mass is 170 g/mol. The Morgan fingerprint density at radius 2 is 2.00 bits per heavy atom. The molecule has 0 saturated heterocycles. The molecule has 0 heterocycles. The van der Waals surface area contributed by atoms with Gasteiger partial charge in [-0.2, -0.15) is 0 Å². The Morgan fingerprint density at radius 3 is 2.55 bits per heavy atom. The molecule has 1 aromatic carbocycles. The van der Waals surface area contributed by atoms with Gasteiger partial charge in [0, 0.05) is 0 Å². The first kappa shape index (κ1) is 8.35. The summed E-state index contributed by atoms with van der Waals surface area (Å²) in [4.78, 5) is 0. The fourth-order valence-corrected chi connectivity index (χ4v) is 1.39. The Hall–Kier alpha value is -0.750. The van der Waals surface area contributed by atoms with E-state index in [-0.39, 0.29) is 11.5 Å². The molecule has 2 nitrogen and oxygen atoms in total. The molecule has 0 spiro atoms. The van der Waals surface area contributed by atoms with Gasteiger partial charge in [0.1, 0.15) is 0 Å². The van der Waals surface area contributed by atoms with E-state index in [4.69, 9.17) is 5.11 Å². The van der Waals surface area contributed by atoms with Crippen LogP contribution in [0.25, 0.3) is 0 Å². The van der Waals surface area contributed by atoms with Crippen molar-refractivity contribution in [3.63, 3.8) is 0 Å². The number of aromatic hydroxyl groups is 2. The number of phenols is 2. The molecule has 0 aliphatic rings. The van der Waals surface area contributed by atoms with Crippen LogP contribution in [0, 0.1) is 6.92 Å². The maximum atomic E-state index is 9.26. The molecule has 0 bridgehead atoms. The molecule has 1 unspecified atom stereocenters. The van der Waals surface area contributed by atoms with E-state index in [1.807, 2.05) is 0 Å². The zero-order chi connectivity index (χ0) is 8.43. The fraction of sp³-hybridized carbons (Fsp3) is 0.250. The first-order valence-corrected chi connectivity index (χ1v) is 4.19. The highest BCUT2D eigenvalue weighted by Crippen LogP contribution is 2.31. The van der Waals surface area contributed by atoms with Crippen molar-refractivity contribution >= 4 is 9.24 Å². The third-order valence-electron chi connectivity index (χ3n) is 1.74. The van der Waals surface area contributed by atoms with E-state index in [0.29, 0.717) is 0 Å². The third-order valence-corrected chi connectivity index (χ3v) is 2.18. The molecule has 0 aliphatic carbocycles. The van der Waals surface area contributed by atoms with Gasteiger partial charge in [-0.05, 0) is 30.3 Å². The zero-order valence-electron chi connectivity index (χ0n) is 6.33. The lowest BCUT2D eigenvalue weighted by molar-refractivity contribution is 0.400. The van der Waals surface area contributed by atoms with Crippen LogP contribution in [0.4, 0.5) is 0 Å². The van der Waals surface area contributed by atoms with E-state index in [9.17, 15) is 5.11 Å². The van der Waals surface area contributed by atoms with Crippen molar-refractivity contribution in [1.82, 2.24) is 0 Å².